The molecule has 1 saturated heterocycles. The molecule has 0 radical (unpaired) electrons. The van der Waals surface area contributed by atoms with Crippen LogP contribution in [0.4, 0.5) is 0 Å². The molecule has 1 aromatic rings. The maximum absolute atomic E-state index is 12.5. The van der Waals surface area contributed by atoms with Gasteiger partial charge in [0.25, 0.3) is 0 Å². The predicted molar refractivity (Wildman–Crippen MR) is 97.0 cm³/mol. The number of amides is 1. The molecular weight excluding hydrogens is 296 g/mol. The topological polar surface area (TPSA) is 32.3 Å². The highest BCUT2D eigenvalue weighted by Gasteiger charge is 2.36. The van der Waals surface area contributed by atoms with Crippen molar-refractivity contribution in [2.75, 3.05) is 13.1 Å². The second kappa shape index (κ2) is 5.87. The van der Waals surface area contributed by atoms with Crippen molar-refractivity contribution in [2.45, 2.75) is 70.9 Å². The largest absolute Gasteiger partial charge is 0.338 e. The minimum absolute atomic E-state index is 0.170. The Morgan fingerprint density at radius 2 is 2.00 bits per heavy atom. The summed E-state index contributed by atoms with van der Waals surface area (Å²) in [6.45, 7) is 9.73. The fourth-order valence-corrected chi connectivity index (χ4v) is 4.17. The molecule has 2 fully saturated rings. The number of rotatable bonds is 2. The monoisotopic (exact) mass is 326 g/mol. The van der Waals surface area contributed by atoms with E-state index in [-0.39, 0.29) is 5.41 Å². The van der Waals surface area contributed by atoms with Gasteiger partial charge >= 0.3 is 0 Å². The van der Waals surface area contributed by atoms with E-state index in [1.807, 2.05) is 0 Å². The van der Waals surface area contributed by atoms with Crippen molar-refractivity contribution in [3.05, 3.63) is 34.4 Å². The molecule has 130 valence electrons. The first kappa shape index (κ1) is 16.1. The fourth-order valence-electron chi connectivity index (χ4n) is 4.17. The number of carbonyl (C=O) groups is 1. The Bertz CT molecular complexity index is 649. The van der Waals surface area contributed by atoms with Gasteiger partial charge in [-0.25, -0.2) is 0 Å². The number of nitrogens with zero attached hydrogens (tertiary/aromatic N) is 1. The fraction of sp³-hybridized carbons (Fsp3) is 0.667. The van der Waals surface area contributed by atoms with E-state index in [9.17, 15) is 4.79 Å². The average Bonchev–Trinajstić information content (AvgIpc) is 3.26. The van der Waals surface area contributed by atoms with E-state index in [4.69, 9.17) is 0 Å². The summed E-state index contributed by atoms with van der Waals surface area (Å²) in [6, 6.07) is 5.30. The van der Waals surface area contributed by atoms with E-state index in [0.717, 1.165) is 38.9 Å². The van der Waals surface area contributed by atoms with E-state index in [0.29, 0.717) is 17.9 Å². The van der Waals surface area contributed by atoms with Crippen molar-refractivity contribution in [2.24, 2.45) is 5.92 Å². The molecule has 0 unspecified atom stereocenters. The maximum Gasteiger partial charge on any atom is 0.225 e. The summed E-state index contributed by atoms with van der Waals surface area (Å²) < 4.78 is 0. The Kier molecular flexibility index (Phi) is 3.95. The van der Waals surface area contributed by atoms with Gasteiger partial charge in [0.15, 0.2) is 0 Å². The summed E-state index contributed by atoms with van der Waals surface area (Å²) >= 11 is 0. The Morgan fingerprint density at radius 3 is 2.62 bits per heavy atom. The zero-order valence-corrected chi connectivity index (χ0v) is 15.3. The van der Waals surface area contributed by atoms with Crippen molar-refractivity contribution in [1.82, 2.24) is 10.2 Å². The smallest absolute Gasteiger partial charge is 0.225 e. The zero-order valence-electron chi connectivity index (χ0n) is 15.3. The highest BCUT2D eigenvalue weighted by Crippen LogP contribution is 2.38. The van der Waals surface area contributed by atoms with Crippen molar-refractivity contribution in [3.8, 4) is 0 Å². The van der Waals surface area contributed by atoms with Gasteiger partial charge in [-0.15, -0.1) is 0 Å². The van der Waals surface area contributed by atoms with Crippen LogP contribution in [0.15, 0.2) is 12.1 Å². The molecule has 0 aromatic heterocycles. The molecule has 1 N–H and O–H groups in total. The van der Waals surface area contributed by atoms with Gasteiger partial charge in [-0.2, -0.15) is 0 Å². The minimum atomic E-state index is 0.170. The van der Waals surface area contributed by atoms with Crippen molar-refractivity contribution < 1.29 is 4.79 Å². The van der Waals surface area contributed by atoms with Crippen molar-refractivity contribution >= 4 is 5.91 Å². The molecule has 4 rings (SSSR count). The van der Waals surface area contributed by atoms with Crippen LogP contribution in [-0.4, -0.2) is 23.9 Å². The molecule has 3 heteroatoms. The van der Waals surface area contributed by atoms with Crippen molar-refractivity contribution in [3.63, 3.8) is 0 Å². The van der Waals surface area contributed by atoms with Gasteiger partial charge in [0.2, 0.25) is 5.91 Å². The number of fused-ring (bicyclic) bond motifs is 1. The molecule has 1 amide bonds. The summed E-state index contributed by atoms with van der Waals surface area (Å²) in [7, 11) is 0. The summed E-state index contributed by atoms with van der Waals surface area (Å²) in [6.07, 6.45) is 5.68. The number of nitrogens with one attached hydrogen (secondary N) is 1. The summed E-state index contributed by atoms with van der Waals surface area (Å²) in [4.78, 5) is 14.7. The highest BCUT2D eigenvalue weighted by molar-refractivity contribution is 5.81. The number of carbonyl (C=O) groups excluding carboxylic acids is 1. The first-order valence-electron chi connectivity index (χ1n) is 9.62. The van der Waals surface area contributed by atoms with Gasteiger partial charge in [-0.3, -0.25) is 4.79 Å². The second-order valence-corrected chi connectivity index (χ2v) is 8.89. The molecule has 1 atom stereocenters. The first-order chi connectivity index (χ1) is 11.4. The maximum atomic E-state index is 12.5. The molecule has 3 aliphatic rings. The molecule has 3 nitrogen and oxygen atoms in total. The average molecular weight is 326 g/mol. The van der Waals surface area contributed by atoms with Crippen LogP contribution in [0.5, 0.6) is 0 Å². The molecule has 0 bridgehead atoms. The summed E-state index contributed by atoms with van der Waals surface area (Å²) in [5.74, 6) is 0.722. The second-order valence-electron chi connectivity index (χ2n) is 8.89. The molecule has 24 heavy (non-hydrogen) atoms. The van der Waals surface area contributed by atoms with Gasteiger partial charge in [-0.05, 0) is 66.3 Å². The molecule has 0 spiro atoms. The Labute approximate surface area is 145 Å². The van der Waals surface area contributed by atoms with Crippen LogP contribution in [0.1, 0.15) is 74.8 Å². The third-order valence-electron chi connectivity index (χ3n) is 5.92. The lowest BCUT2D eigenvalue weighted by atomic mass is 9.80. The molecular formula is C21H30N2O. The molecule has 2 aliphatic heterocycles. The van der Waals surface area contributed by atoms with Gasteiger partial charge in [0, 0.05) is 25.0 Å². The van der Waals surface area contributed by atoms with E-state index in [1.165, 1.54) is 35.1 Å². The number of hydrogen-bond donors (Lipinski definition) is 1. The van der Waals surface area contributed by atoms with Crippen LogP contribution in [0.2, 0.25) is 0 Å². The van der Waals surface area contributed by atoms with Crippen LogP contribution in [-0.2, 0) is 23.2 Å². The van der Waals surface area contributed by atoms with Gasteiger partial charge in [0.1, 0.15) is 0 Å². The lowest BCUT2D eigenvalue weighted by Gasteiger charge is -2.34. The third-order valence-corrected chi connectivity index (χ3v) is 5.92. The van der Waals surface area contributed by atoms with E-state index in [2.05, 4.69) is 43.1 Å². The summed E-state index contributed by atoms with van der Waals surface area (Å²) in [5, 5.41) is 3.68. The zero-order chi connectivity index (χ0) is 16.9. The summed E-state index contributed by atoms with van der Waals surface area (Å²) in [5.41, 5.74) is 5.98. The predicted octanol–water partition coefficient (Wildman–Crippen LogP) is 3.70. The SMILES string of the molecule is CC(C)(C)c1cc2c(c([C@@H]3CCCN3)c1)CN(C(=O)C1CC1)CC2. The van der Waals surface area contributed by atoms with Crippen LogP contribution in [0, 0.1) is 5.92 Å². The van der Waals surface area contributed by atoms with E-state index in [1.54, 1.807) is 0 Å². The lowest BCUT2D eigenvalue weighted by molar-refractivity contribution is -0.133. The molecule has 1 aromatic carbocycles. The van der Waals surface area contributed by atoms with Gasteiger partial charge in [0.05, 0.1) is 0 Å². The van der Waals surface area contributed by atoms with Crippen LogP contribution >= 0.6 is 0 Å². The number of hydrogen-bond acceptors (Lipinski definition) is 2. The Balaban J connectivity index is 1.71. The molecule has 1 saturated carbocycles. The molecule has 1 aliphatic carbocycles. The van der Waals surface area contributed by atoms with E-state index < -0.39 is 0 Å². The minimum Gasteiger partial charge on any atom is -0.338 e. The first-order valence-corrected chi connectivity index (χ1v) is 9.62. The Morgan fingerprint density at radius 1 is 1.21 bits per heavy atom. The highest BCUT2D eigenvalue weighted by atomic mass is 16.2. The quantitative estimate of drug-likeness (QED) is 0.899. The van der Waals surface area contributed by atoms with Gasteiger partial charge in [-0.1, -0.05) is 32.9 Å². The standard InChI is InChI=1S/C21H30N2O/c1-21(2,3)16-11-15-8-10-23(20(24)14-6-7-14)13-18(15)17(12-16)19-5-4-9-22-19/h11-12,14,19,22H,4-10,13H2,1-3H3/t19-/m0/s1. The van der Waals surface area contributed by atoms with Crippen LogP contribution in [0.25, 0.3) is 0 Å². The molecule has 2 heterocycles. The third kappa shape index (κ3) is 2.99. The van der Waals surface area contributed by atoms with E-state index >= 15 is 0 Å². The van der Waals surface area contributed by atoms with Crippen LogP contribution < -0.4 is 5.32 Å². The van der Waals surface area contributed by atoms with Gasteiger partial charge < -0.3 is 10.2 Å². The van der Waals surface area contributed by atoms with Crippen molar-refractivity contribution in [1.29, 1.82) is 0 Å². The lowest BCUT2D eigenvalue weighted by Crippen LogP contribution is -2.38. The Hall–Kier alpha value is -1.35. The van der Waals surface area contributed by atoms with Crippen LogP contribution in [0.3, 0.4) is 0 Å². The number of benzene rings is 1. The normalized spacial score (nSPS) is 24.1.